The zero-order chi connectivity index (χ0) is 15.3. The molecule has 21 heavy (non-hydrogen) atoms. The number of thiophene rings is 1. The lowest BCUT2D eigenvalue weighted by atomic mass is 10.2. The number of ketones is 1. The Kier molecular flexibility index (Phi) is 5.14. The van der Waals surface area contributed by atoms with E-state index >= 15 is 0 Å². The zero-order valence-electron chi connectivity index (χ0n) is 11.6. The van der Waals surface area contributed by atoms with Crippen molar-refractivity contribution in [3.05, 3.63) is 46.7 Å². The fourth-order valence-corrected chi connectivity index (χ4v) is 3.13. The van der Waals surface area contributed by atoms with Crippen molar-refractivity contribution in [3.8, 4) is 5.75 Å². The Balaban J connectivity index is 1.83. The van der Waals surface area contributed by atoms with E-state index in [4.69, 9.17) is 4.74 Å². The third kappa shape index (κ3) is 4.68. The molecule has 0 saturated carbocycles. The van der Waals surface area contributed by atoms with Crippen molar-refractivity contribution in [1.29, 1.82) is 0 Å². The molecule has 0 aliphatic rings. The Labute approximate surface area is 128 Å². The predicted octanol–water partition coefficient (Wildman–Crippen LogP) is 3.19. The van der Waals surface area contributed by atoms with Gasteiger partial charge in [0.15, 0.2) is 15.6 Å². The topological polar surface area (TPSA) is 60.4 Å². The number of benzene rings is 1. The van der Waals surface area contributed by atoms with Crippen LogP contribution in [0.15, 0.2) is 46.7 Å². The Bertz CT molecular complexity index is 703. The van der Waals surface area contributed by atoms with Crippen LogP contribution in [0.25, 0.3) is 0 Å². The molecule has 4 nitrogen and oxygen atoms in total. The first-order valence-electron chi connectivity index (χ1n) is 6.46. The van der Waals surface area contributed by atoms with Crippen molar-refractivity contribution in [2.45, 2.75) is 17.7 Å². The van der Waals surface area contributed by atoms with Crippen LogP contribution in [0, 0.1) is 0 Å². The molecule has 0 spiro atoms. The van der Waals surface area contributed by atoms with Crippen molar-refractivity contribution in [3.63, 3.8) is 0 Å². The summed E-state index contributed by atoms with van der Waals surface area (Å²) in [6, 6.07) is 10.0. The van der Waals surface area contributed by atoms with E-state index < -0.39 is 9.84 Å². The third-order valence-electron chi connectivity index (χ3n) is 2.85. The SMILES string of the molecule is CS(=O)(=O)c1cccc(OCCCC(=O)c2cccs2)c1. The van der Waals surface area contributed by atoms with Gasteiger partial charge in [-0.15, -0.1) is 11.3 Å². The molecular formula is C15H16O4S2. The third-order valence-corrected chi connectivity index (χ3v) is 4.87. The molecule has 2 rings (SSSR count). The van der Waals surface area contributed by atoms with Gasteiger partial charge < -0.3 is 4.74 Å². The van der Waals surface area contributed by atoms with Gasteiger partial charge in [-0.25, -0.2) is 8.42 Å². The summed E-state index contributed by atoms with van der Waals surface area (Å²) in [5.74, 6) is 0.611. The van der Waals surface area contributed by atoms with Crippen molar-refractivity contribution >= 4 is 27.0 Å². The van der Waals surface area contributed by atoms with Gasteiger partial charge in [0.25, 0.3) is 0 Å². The highest BCUT2D eigenvalue weighted by molar-refractivity contribution is 7.90. The minimum atomic E-state index is -3.23. The first-order chi connectivity index (χ1) is 9.97. The second-order valence-corrected chi connectivity index (χ2v) is 7.56. The van der Waals surface area contributed by atoms with Gasteiger partial charge in [-0.2, -0.15) is 0 Å². The number of rotatable bonds is 7. The summed E-state index contributed by atoms with van der Waals surface area (Å²) in [7, 11) is -3.23. The molecule has 112 valence electrons. The number of Topliss-reactive ketones (excluding diaryl/α,β-unsaturated/α-hetero) is 1. The average Bonchev–Trinajstić information content (AvgIpc) is 2.97. The molecule has 0 radical (unpaired) electrons. The molecule has 0 amide bonds. The van der Waals surface area contributed by atoms with Crippen LogP contribution < -0.4 is 4.74 Å². The summed E-state index contributed by atoms with van der Waals surface area (Å²) >= 11 is 1.43. The molecule has 2 aromatic rings. The Morgan fingerprint density at radius 2 is 2.05 bits per heavy atom. The van der Waals surface area contributed by atoms with Gasteiger partial charge >= 0.3 is 0 Å². The van der Waals surface area contributed by atoms with E-state index in [-0.39, 0.29) is 10.7 Å². The molecule has 1 heterocycles. The average molecular weight is 324 g/mol. The summed E-state index contributed by atoms with van der Waals surface area (Å²) in [6.45, 7) is 0.379. The molecule has 0 fully saturated rings. The second kappa shape index (κ2) is 6.87. The van der Waals surface area contributed by atoms with Crippen LogP contribution in [-0.2, 0) is 9.84 Å². The molecule has 0 aliphatic heterocycles. The van der Waals surface area contributed by atoms with Gasteiger partial charge in [0, 0.05) is 12.7 Å². The minimum Gasteiger partial charge on any atom is -0.494 e. The fraction of sp³-hybridized carbons (Fsp3) is 0.267. The van der Waals surface area contributed by atoms with Gasteiger partial charge in [-0.05, 0) is 36.1 Å². The van der Waals surface area contributed by atoms with E-state index in [0.717, 1.165) is 11.1 Å². The molecule has 0 N–H and O–H groups in total. The highest BCUT2D eigenvalue weighted by atomic mass is 32.2. The van der Waals surface area contributed by atoms with Crippen LogP contribution in [-0.4, -0.2) is 27.1 Å². The monoisotopic (exact) mass is 324 g/mol. The van der Waals surface area contributed by atoms with E-state index in [9.17, 15) is 13.2 Å². The Morgan fingerprint density at radius 1 is 1.24 bits per heavy atom. The Hall–Kier alpha value is -1.66. The summed E-state index contributed by atoms with van der Waals surface area (Å²) in [6.07, 6.45) is 2.18. The van der Waals surface area contributed by atoms with E-state index in [0.29, 0.717) is 25.2 Å². The van der Waals surface area contributed by atoms with Crippen LogP contribution in [0.5, 0.6) is 5.75 Å². The van der Waals surface area contributed by atoms with Crippen molar-refractivity contribution in [1.82, 2.24) is 0 Å². The standard InChI is InChI=1S/C15H16O4S2/c1-21(17,18)13-6-2-5-12(11-13)19-9-3-7-14(16)15-8-4-10-20-15/h2,4-6,8,10-11H,3,7,9H2,1H3. The van der Waals surface area contributed by atoms with Crippen molar-refractivity contribution in [2.24, 2.45) is 0 Å². The minimum absolute atomic E-state index is 0.110. The van der Waals surface area contributed by atoms with Crippen LogP contribution in [0.2, 0.25) is 0 Å². The molecule has 1 aromatic heterocycles. The molecule has 0 bridgehead atoms. The van der Waals surface area contributed by atoms with Gasteiger partial charge in [0.1, 0.15) is 5.75 Å². The second-order valence-electron chi connectivity index (χ2n) is 4.60. The maximum Gasteiger partial charge on any atom is 0.175 e. The van der Waals surface area contributed by atoms with Gasteiger partial charge in [0.05, 0.1) is 16.4 Å². The van der Waals surface area contributed by atoms with Crippen molar-refractivity contribution in [2.75, 3.05) is 12.9 Å². The summed E-state index contributed by atoms with van der Waals surface area (Å²) in [5, 5.41) is 1.88. The first kappa shape index (κ1) is 15.7. The van der Waals surface area contributed by atoms with E-state index in [1.54, 1.807) is 12.1 Å². The Morgan fingerprint density at radius 3 is 2.71 bits per heavy atom. The molecule has 0 aliphatic carbocycles. The molecular weight excluding hydrogens is 308 g/mol. The normalized spacial score (nSPS) is 11.3. The van der Waals surface area contributed by atoms with Crippen molar-refractivity contribution < 1.29 is 17.9 Å². The summed E-state index contributed by atoms with van der Waals surface area (Å²) in [5.41, 5.74) is 0. The smallest absolute Gasteiger partial charge is 0.175 e. The number of sulfone groups is 1. The van der Waals surface area contributed by atoms with Crippen LogP contribution in [0.1, 0.15) is 22.5 Å². The predicted molar refractivity (Wildman–Crippen MR) is 82.9 cm³/mol. The van der Waals surface area contributed by atoms with Gasteiger partial charge in [-0.1, -0.05) is 12.1 Å². The van der Waals surface area contributed by atoms with Crippen LogP contribution in [0.3, 0.4) is 0 Å². The zero-order valence-corrected chi connectivity index (χ0v) is 13.2. The number of ether oxygens (including phenoxy) is 1. The lowest BCUT2D eigenvalue weighted by Gasteiger charge is -2.07. The summed E-state index contributed by atoms with van der Waals surface area (Å²) in [4.78, 5) is 12.8. The van der Waals surface area contributed by atoms with E-state index in [1.165, 1.54) is 23.5 Å². The van der Waals surface area contributed by atoms with Gasteiger partial charge in [-0.3, -0.25) is 4.79 Å². The molecule has 6 heteroatoms. The van der Waals surface area contributed by atoms with Gasteiger partial charge in [0.2, 0.25) is 0 Å². The summed E-state index contributed by atoms with van der Waals surface area (Å²) < 4.78 is 28.4. The number of carbonyl (C=O) groups excluding carboxylic acids is 1. The number of hydrogen-bond acceptors (Lipinski definition) is 5. The molecule has 0 saturated heterocycles. The fourth-order valence-electron chi connectivity index (χ4n) is 1.78. The van der Waals surface area contributed by atoms with E-state index in [1.807, 2.05) is 17.5 Å². The van der Waals surface area contributed by atoms with Crippen LogP contribution in [0.4, 0.5) is 0 Å². The molecule has 0 unspecified atom stereocenters. The largest absolute Gasteiger partial charge is 0.494 e. The number of carbonyl (C=O) groups is 1. The maximum atomic E-state index is 11.8. The molecule has 1 aromatic carbocycles. The highest BCUT2D eigenvalue weighted by Gasteiger charge is 2.09. The highest BCUT2D eigenvalue weighted by Crippen LogP contribution is 2.18. The van der Waals surface area contributed by atoms with Crippen LogP contribution >= 0.6 is 11.3 Å². The van der Waals surface area contributed by atoms with E-state index in [2.05, 4.69) is 0 Å². The lowest BCUT2D eigenvalue weighted by Crippen LogP contribution is -2.03. The maximum absolute atomic E-state index is 11.8. The quantitative estimate of drug-likeness (QED) is 0.580. The first-order valence-corrected chi connectivity index (χ1v) is 9.23. The molecule has 0 atom stereocenters. The number of hydrogen-bond donors (Lipinski definition) is 0. The lowest BCUT2D eigenvalue weighted by molar-refractivity contribution is 0.0977.